The van der Waals surface area contributed by atoms with Crippen LogP contribution < -0.4 is 20.9 Å². The van der Waals surface area contributed by atoms with Gasteiger partial charge in [0, 0.05) is 17.8 Å². The molecule has 28 heavy (non-hydrogen) atoms. The number of hydrogen-bond donors (Lipinski definition) is 4. The molecule has 0 heterocycles. The Morgan fingerprint density at radius 3 is 2.43 bits per heavy atom. The normalized spacial score (nSPS) is 12.5. The van der Waals surface area contributed by atoms with E-state index in [9.17, 15) is 18.8 Å². The lowest BCUT2D eigenvalue weighted by atomic mass is 10.0. The monoisotopic (exact) mass is 387 g/mol. The minimum atomic E-state index is -0.776. The van der Waals surface area contributed by atoms with Crippen LogP contribution in [0.15, 0.2) is 54.6 Å². The third-order valence-electron chi connectivity index (χ3n) is 4.01. The van der Waals surface area contributed by atoms with E-state index in [-0.39, 0.29) is 12.5 Å². The average molecular weight is 387 g/mol. The predicted octanol–water partition coefficient (Wildman–Crippen LogP) is 0.866. The minimum absolute atomic E-state index is 0.0567. The molecule has 148 valence electrons. The number of quaternary nitrogens is 1. The van der Waals surface area contributed by atoms with Crippen molar-refractivity contribution < 1.29 is 23.7 Å². The summed E-state index contributed by atoms with van der Waals surface area (Å²) in [5, 5.41) is 7.41. The number of anilines is 1. The van der Waals surface area contributed by atoms with Gasteiger partial charge in [-0.3, -0.25) is 14.9 Å². The molecule has 0 bridgehead atoms. The van der Waals surface area contributed by atoms with Gasteiger partial charge in [0.1, 0.15) is 5.82 Å². The van der Waals surface area contributed by atoms with Crippen LogP contribution in [0.5, 0.6) is 0 Å². The molecule has 8 heteroatoms. The van der Waals surface area contributed by atoms with Gasteiger partial charge < -0.3 is 15.5 Å². The fourth-order valence-corrected chi connectivity index (χ4v) is 2.82. The molecule has 0 radical (unpaired) electrons. The van der Waals surface area contributed by atoms with Crippen molar-refractivity contribution in [3.8, 4) is 0 Å². The van der Waals surface area contributed by atoms with Crippen LogP contribution in [0, 0.1) is 5.82 Å². The van der Waals surface area contributed by atoms with Gasteiger partial charge in [0.05, 0.1) is 7.05 Å². The lowest BCUT2D eigenvalue weighted by Gasteiger charge is -2.24. The van der Waals surface area contributed by atoms with Gasteiger partial charge >= 0.3 is 6.03 Å². The smallest absolute Gasteiger partial charge is 0.321 e. The van der Waals surface area contributed by atoms with Gasteiger partial charge in [-0.2, -0.15) is 0 Å². The van der Waals surface area contributed by atoms with Gasteiger partial charge in [-0.25, -0.2) is 9.18 Å². The molecule has 0 saturated heterocycles. The van der Waals surface area contributed by atoms with Crippen LogP contribution in [0.4, 0.5) is 14.9 Å². The number of nitrogens with one attached hydrogen (secondary N) is 4. The lowest BCUT2D eigenvalue weighted by molar-refractivity contribution is -0.894. The summed E-state index contributed by atoms with van der Waals surface area (Å²) >= 11 is 0. The average Bonchev–Trinajstić information content (AvgIpc) is 2.62. The van der Waals surface area contributed by atoms with Gasteiger partial charge in [-0.1, -0.05) is 36.4 Å². The maximum atomic E-state index is 13.3. The van der Waals surface area contributed by atoms with Crippen LogP contribution in [0.2, 0.25) is 0 Å². The molecule has 0 fully saturated rings. The first kappa shape index (κ1) is 21.0. The van der Waals surface area contributed by atoms with Crippen LogP contribution in [0.1, 0.15) is 18.5 Å². The Morgan fingerprint density at radius 2 is 1.79 bits per heavy atom. The highest BCUT2D eigenvalue weighted by atomic mass is 19.1. The zero-order valence-corrected chi connectivity index (χ0v) is 15.8. The highest BCUT2D eigenvalue weighted by Crippen LogP contribution is 2.10. The molecule has 0 aliphatic heterocycles. The summed E-state index contributed by atoms with van der Waals surface area (Å²) in [4.78, 5) is 37.3. The molecule has 4 amide bonds. The largest absolute Gasteiger partial charge is 0.338 e. The highest BCUT2D eigenvalue weighted by molar-refractivity contribution is 5.97. The van der Waals surface area contributed by atoms with Gasteiger partial charge in [0.25, 0.3) is 11.8 Å². The third-order valence-corrected chi connectivity index (χ3v) is 4.01. The van der Waals surface area contributed by atoms with Gasteiger partial charge in [-0.05, 0) is 25.1 Å². The number of benzene rings is 2. The Morgan fingerprint density at radius 1 is 1.07 bits per heavy atom. The Bertz CT molecular complexity index is 829. The van der Waals surface area contributed by atoms with E-state index in [1.807, 2.05) is 6.07 Å². The maximum Gasteiger partial charge on any atom is 0.321 e. The number of imide groups is 1. The van der Waals surface area contributed by atoms with E-state index in [1.165, 1.54) is 18.2 Å². The first-order valence-corrected chi connectivity index (χ1v) is 8.92. The molecule has 2 atom stereocenters. The Hall–Kier alpha value is -3.26. The van der Waals surface area contributed by atoms with Crippen molar-refractivity contribution in [2.45, 2.75) is 13.0 Å². The first-order valence-electron chi connectivity index (χ1n) is 8.92. The summed E-state index contributed by atoms with van der Waals surface area (Å²) in [6, 6.07) is 13.1. The molecule has 2 rings (SSSR count). The van der Waals surface area contributed by atoms with Crippen LogP contribution in [0.3, 0.4) is 0 Å². The molecule has 0 saturated carbocycles. The summed E-state index contributed by atoms with van der Waals surface area (Å²) in [5.74, 6) is -1.36. The second kappa shape index (κ2) is 10.2. The highest BCUT2D eigenvalue weighted by Gasteiger charge is 2.31. The molecule has 0 aliphatic carbocycles. The molecule has 0 aliphatic rings. The van der Waals surface area contributed by atoms with Crippen LogP contribution in [-0.2, 0) is 9.59 Å². The number of amides is 4. The lowest BCUT2D eigenvalue weighted by Crippen LogP contribution is -3.11. The van der Waals surface area contributed by atoms with Crippen molar-refractivity contribution in [2.24, 2.45) is 0 Å². The van der Waals surface area contributed by atoms with Crippen LogP contribution >= 0.6 is 0 Å². The molecule has 0 spiro atoms. The minimum Gasteiger partial charge on any atom is -0.338 e. The fourth-order valence-electron chi connectivity index (χ4n) is 2.82. The standard InChI is InChI=1S/C20H23FN4O3/c1-3-22-20(28)24-19(27)18(14-8-5-4-6-9-14)25(2)13-17(26)23-16-11-7-10-15(21)12-16/h4-12,18H,3,13H2,1-2H3,(H,23,26)(H2,22,24,27,28)/p+1/t18-/m1/s1. The molecular weight excluding hydrogens is 363 g/mol. The van der Waals surface area contributed by atoms with E-state index in [4.69, 9.17) is 0 Å². The SMILES string of the molecule is CCNC(=O)NC(=O)[C@@H](c1ccccc1)[NH+](C)CC(=O)Nc1cccc(F)c1. The van der Waals surface area contributed by atoms with Crippen molar-refractivity contribution in [3.05, 3.63) is 66.0 Å². The number of carbonyl (C=O) groups is 3. The second-order valence-corrected chi connectivity index (χ2v) is 6.27. The van der Waals surface area contributed by atoms with E-state index >= 15 is 0 Å². The maximum absolute atomic E-state index is 13.3. The Kier molecular flexibility index (Phi) is 7.65. The summed E-state index contributed by atoms with van der Waals surface area (Å²) in [6.45, 7) is 2.07. The predicted molar refractivity (Wildman–Crippen MR) is 103 cm³/mol. The van der Waals surface area contributed by atoms with Crippen molar-refractivity contribution >= 4 is 23.5 Å². The summed E-state index contributed by atoms with van der Waals surface area (Å²) < 4.78 is 13.3. The molecule has 1 unspecified atom stereocenters. The van der Waals surface area contributed by atoms with Gasteiger partial charge in [0.15, 0.2) is 12.6 Å². The third kappa shape index (κ3) is 6.17. The molecular formula is C20H24FN4O3+. The van der Waals surface area contributed by atoms with Gasteiger partial charge in [0.2, 0.25) is 0 Å². The van der Waals surface area contributed by atoms with Crippen molar-refractivity contribution in [1.29, 1.82) is 0 Å². The molecule has 2 aromatic carbocycles. The summed E-state index contributed by atoms with van der Waals surface area (Å²) in [7, 11) is 1.68. The number of rotatable bonds is 7. The quantitative estimate of drug-likeness (QED) is 0.568. The summed E-state index contributed by atoms with van der Waals surface area (Å²) in [5.41, 5.74) is 1.00. The summed E-state index contributed by atoms with van der Waals surface area (Å²) in [6.07, 6.45) is 0. The zero-order chi connectivity index (χ0) is 20.5. The van der Waals surface area contributed by atoms with E-state index in [1.54, 1.807) is 44.3 Å². The van der Waals surface area contributed by atoms with Crippen molar-refractivity contribution in [2.75, 3.05) is 25.5 Å². The van der Waals surface area contributed by atoms with E-state index in [0.717, 1.165) is 0 Å². The molecule has 2 aromatic rings. The molecule has 7 nitrogen and oxygen atoms in total. The fraction of sp³-hybridized carbons (Fsp3) is 0.250. The second-order valence-electron chi connectivity index (χ2n) is 6.27. The number of likely N-dealkylation sites (N-methyl/N-ethyl adjacent to an activating group) is 1. The first-order chi connectivity index (χ1) is 13.4. The zero-order valence-electron chi connectivity index (χ0n) is 15.8. The van der Waals surface area contributed by atoms with Crippen molar-refractivity contribution in [3.63, 3.8) is 0 Å². The van der Waals surface area contributed by atoms with E-state index in [0.29, 0.717) is 22.7 Å². The number of halogens is 1. The number of urea groups is 1. The van der Waals surface area contributed by atoms with Crippen LogP contribution in [0.25, 0.3) is 0 Å². The van der Waals surface area contributed by atoms with E-state index in [2.05, 4.69) is 16.0 Å². The number of hydrogen-bond acceptors (Lipinski definition) is 3. The Labute approximate surface area is 162 Å². The number of carbonyl (C=O) groups excluding carboxylic acids is 3. The topological polar surface area (TPSA) is 91.7 Å². The van der Waals surface area contributed by atoms with Crippen LogP contribution in [-0.4, -0.2) is 38.0 Å². The molecule has 4 N–H and O–H groups in total. The Balaban J connectivity index is 2.12. The van der Waals surface area contributed by atoms with Crippen molar-refractivity contribution in [1.82, 2.24) is 10.6 Å². The van der Waals surface area contributed by atoms with Gasteiger partial charge in [-0.15, -0.1) is 0 Å². The van der Waals surface area contributed by atoms with E-state index < -0.39 is 23.8 Å². The molecule has 0 aromatic heterocycles.